The number of carboxylic acid groups (broad SMARTS) is 1. The van der Waals surface area contributed by atoms with E-state index in [4.69, 9.17) is 4.74 Å². The lowest BCUT2D eigenvalue weighted by Gasteiger charge is -2.34. The average Bonchev–Trinajstić information content (AvgIpc) is 2.60. The molecule has 5 heteroatoms. The quantitative estimate of drug-likeness (QED) is 0.467. The normalized spacial score (nSPS) is 24.8. The molecule has 1 fully saturated rings. The summed E-state index contributed by atoms with van der Waals surface area (Å²) in [4.78, 5) is 25.4. The average molecular weight is 255 g/mol. The summed E-state index contributed by atoms with van der Waals surface area (Å²) >= 11 is 0. The molecule has 0 aliphatic carbocycles. The monoisotopic (exact) mass is 255 g/mol. The summed E-state index contributed by atoms with van der Waals surface area (Å²) in [6, 6.07) is 0. The molecule has 1 rings (SSSR count). The first kappa shape index (κ1) is 14.7. The van der Waals surface area contributed by atoms with Crippen molar-refractivity contribution in [1.29, 1.82) is 0 Å². The fraction of sp³-hybridized carbons (Fsp3) is 0.692. The first-order valence-electron chi connectivity index (χ1n) is 6.07. The van der Waals surface area contributed by atoms with Crippen molar-refractivity contribution in [3.63, 3.8) is 0 Å². The summed E-state index contributed by atoms with van der Waals surface area (Å²) in [6.07, 6.45) is 2.55. The van der Waals surface area contributed by atoms with E-state index >= 15 is 0 Å². The fourth-order valence-corrected chi connectivity index (χ4v) is 2.20. The molecular formula is C13H21NO4. The predicted octanol–water partition coefficient (Wildman–Crippen LogP) is 1.43. The zero-order valence-electron chi connectivity index (χ0n) is 11.2. The molecule has 1 atom stereocenters. The van der Waals surface area contributed by atoms with Crippen LogP contribution in [0.5, 0.6) is 0 Å². The standard InChI is InChI=1S/C13H21NO4/c1-5-8-14-9-6-7-13(14,10(15)16)11(17)18-12(2,3)4/h5H,1,6-9H2,2-4H3,(H,15,16)/t13-/m0/s1. The molecule has 0 aromatic rings. The van der Waals surface area contributed by atoms with E-state index in [-0.39, 0.29) is 6.42 Å². The Morgan fingerprint density at radius 1 is 1.50 bits per heavy atom. The molecule has 18 heavy (non-hydrogen) atoms. The molecule has 0 saturated carbocycles. The molecule has 0 aromatic heterocycles. The highest BCUT2D eigenvalue weighted by Gasteiger charge is 2.55. The van der Waals surface area contributed by atoms with Crippen LogP contribution in [0.25, 0.3) is 0 Å². The third-order valence-electron chi connectivity index (χ3n) is 2.95. The van der Waals surface area contributed by atoms with Crippen LogP contribution < -0.4 is 0 Å². The first-order chi connectivity index (χ1) is 8.24. The van der Waals surface area contributed by atoms with Gasteiger partial charge in [-0.15, -0.1) is 6.58 Å². The number of esters is 1. The van der Waals surface area contributed by atoms with Crippen molar-refractivity contribution in [2.75, 3.05) is 13.1 Å². The van der Waals surface area contributed by atoms with E-state index < -0.39 is 23.1 Å². The summed E-state index contributed by atoms with van der Waals surface area (Å²) in [5.41, 5.74) is -2.25. The minimum Gasteiger partial charge on any atom is -0.479 e. The molecule has 1 N–H and O–H groups in total. The lowest BCUT2D eigenvalue weighted by Crippen LogP contribution is -2.58. The Balaban J connectivity index is 3.03. The van der Waals surface area contributed by atoms with Crippen LogP contribution in [0.2, 0.25) is 0 Å². The molecule has 1 saturated heterocycles. The zero-order chi connectivity index (χ0) is 14.0. The number of carboxylic acids is 1. The predicted molar refractivity (Wildman–Crippen MR) is 67.2 cm³/mol. The maximum absolute atomic E-state index is 12.2. The molecule has 0 radical (unpaired) electrons. The Kier molecular flexibility index (Phi) is 4.16. The minimum absolute atomic E-state index is 0.283. The van der Waals surface area contributed by atoms with E-state index in [1.165, 1.54) is 0 Å². The van der Waals surface area contributed by atoms with Gasteiger partial charge in [-0.1, -0.05) is 6.08 Å². The lowest BCUT2D eigenvalue weighted by atomic mass is 9.95. The number of carbonyl (C=O) groups is 2. The summed E-state index contributed by atoms with van der Waals surface area (Å²) < 4.78 is 5.27. The van der Waals surface area contributed by atoms with Crippen LogP contribution in [0.15, 0.2) is 12.7 Å². The summed E-state index contributed by atoms with van der Waals surface area (Å²) in [5, 5.41) is 9.45. The van der Waals surface area contributed by atoms with E-state index in [0.29, 0.717) is 19.5 Å². The van der Waals surface area contributed by atoms with Crippen LogP contribution in [0, 0.1) is 0 Å². The van der Waals surface area contributed by atoms with Gasteiger partial charge < -0.3 is 9.84 Å². The molecular weight excluding hydrogens is 234 g/mol. The Morgan fingerprint density at radius 3 is 2.56 bits per heavy atom. The zero-order valence-corrected chi connectivity index (χ0v) is 11.2. The molecule has 5 nitrogen and oxygen atoms in total. The smallest absolute Gasteiger partial charge is 0.338 e. The SMILES string of the molecule is C=CCN1CCC[C@]1(C(=O)O)C(=O)OC(C)(C)C. The van der Waals surface area contributed by atoms with Crippen LogP contribution in [-0.4, -0.2) is 46.2 Å². The van der Waals surface area contributed by atoms with Gasteiger partial charge in [0.05, 0.1) is 0 Å². The van der Waals surface area contributed by atoms with Gasteiger partial charge in [0.2, 0.25) is 5.54 Å². The Bertz CT molecular complexity index is 358. The number of ether oxygens (including phenoxy) is 1. The van der Waals surface area contributed by atoms with Crippen LogP contribution >= 0.6 is 0 Å². The van der Waals surface area contributed by atoms with Crippen LogP contribution in [0.4, 0.5) is 0 Å². The third kappa shape index (κ3) is 2.72. The van der Waals surface area contributed by atoms with Gasteiger partial charge in [-0.2, -0.15) is 0 Å². The van der Waals surface area contributed by atoms with Crippen molar-refractivity contribution >= 4 is 11.9 Å². The van der Waals surface area contributed by atoms with Gasteiger partial charge in [-0.05, 0) is 33.6 Å². The lowest BCUT2D eigenvalue weighted by molar-refractivity contribution is -0.177. The first-order valence-corrected chi connectivity index (χ1v) is 6.07. The minimum atomic E-state index is -1.55. The maximum atomic E-state index is 12.2. The highest BCUT2D eigenvalue weighted by atomic mass is 16.6. The van der Waals surface area contributed by atoms with Gasteiger partial charge in [0.25, 0.3) is 0 Å². The number of nitrogens with zero attached hydrogens (tertiary/aromatic N) is 1. The van der Waals surface area contributed by atoms with Crippen molar-refractivity contribution in [3.8, 4) is 0 Å². The van der Waals surface area contributed by atoms with Gasteiger partial charge in [0, 0.05) is 13.1 Å². The van der Waals surface area contributed by atoms with E-state index in [0.717, 1.165) is 0 Å². The number of likely N-dealkylation sites (tertiary alicyclic amines) is 1. The molecule has 102 valence electrons. The Morgan fingerprint density at radius 2 is 2.11 bits per heavy atom. The molecule has 1 aliphatic rings. The van der Waals surface area contributed by atoms with Gasteiger partial charge in [0.15, 0.2) is 0 Å². The van der Waals surface area contributed by atoms with Crippen LogP contribution in [-0.2, 0) is 14.3 Å². The van der Waals surface area contributed by atoms with Gasteiger partial charge in [-0.3, -0.25) is 4.90 Å². The molecule has 0 aromatic carbocycles. The van der Waals surface area contributed by atoms with E-state index in [1.54, 1.807) is 31.7 Å². The molecule has 1 aliphatic heterocycles. The van der Waals surface area contributed by atoms with Gasteiger partial charge >= 0.3 is 11.9 Å². The second-order valence-corrected chi connectivity index (χ2v) is 5.51. The van der Waals surface area contributed by atoms with E-state index in [2.05, 4.69) is 6.58 Å². The maximum Gasteiger partial charge on any atom is 0.338 e. The summed E-state index contributed by atoms with van der Waals surface area (Å²) in [5.74, 6) is -1.82. The van der Waals surface area contributed by atoms with Gasteiger partial charge in [0.1, 0.15) is 5.60 Å². The van der Waals surface area contributed by atoms with Crippen LogP contribution in [0.1, 0.15) is 33.6 Å². The van der Waals surface area contributed by atoms with Crippen molar-refractivity contribution < 1.29 is 19.4 Å². The van der Waals surface area contributed by atoms with Crippen molar-refractivity contribution in [3.05, 3.63) is 12.7 Å². The number of hydrogen-bond donors (Lipinski definition) is 1. The van der Waals surface area contributed by atoms with E-state index in [9.17, 15) is 14.7 Å². The number of hydrogen-bond acceptors (Lipinski definition) is 4. The molecule has 0 bridgehead atoms. The second-order valence-electron chi connectivity index (χ2n) is 5.51. The van der Waals surface area contributed by atoms with Crippen molar-refractivity contribution in [2.24, 2.45) is 0 Å². The number of carbonyl (C=O) groups excluding carboxylic acids is 1. The molecule has 0 spiro atoms. The molecule has 0 unspecified atom stereocenters. The Hall–Kier alpha value is -1.36. The highest BCUT2D eigenvalue weighted by Crippen LogP contribution is 2.32. The fourth-order valence-electron chi connectivity index (χ4n) is 2.20. The second kappa shape index (κ2) is 5.10. The van der Waals surface area contributed by atoms with E-state index in [1.807, 2.05) is 0 Å². The summed E-state index contributed by atoms with van der Waals surface area (Å²) in [7, 11) is 0. The third-order valence-corrected chi connectivity index (χ3v) is 2.95. The molecule has 0 amide bonds. The topological polar surface area (TPSA) is 66.8 Å². The molecule has 1 heterocycles. The van der Waals surface area contributed by atoms with Crippen LogP contribution in [0.3, 0.4) is 0 Å². The Labute approximate surface area is 107 Å². The van der Waals surface area contributed by atoms with Crippen molar-refractivity contribution in [1.82, 2.24) is 4.90 Å². The highest BCUT2D eigenvalue weighted by molar-refractivity contribution is 6.04. The largest absolute Gasteiger partial charge is 0.479 e. The number of aliphatic carboxylic acids is 1. The summed E-state index contributed by atoms with van der Waals surface area (Å²) in [6.45, 7) is 9.72. The van der Waals surface area contributed by atoms with Gasteiger partial charge in [-0.25, -0.2) is 9.59 Å². The number of rotatable bonds is 4. The van der Waals surface area contributed by atoms with Crippen molar-refractivity contribution in [2.45, 2.75) is 44.8 Å².